The number of ether oxygens (including phenoxy) is 1. The quantitative estimate of drug-likeness (QED) is 0.0487. The number of allylic oxidation sites excluding steroid dienone is 1. The van der Waals surface area contributed by atoms with Crippen molar-refractivity contribution in [3.8, 4) is 0 Å². The van der Waals surface area contributed by atoms with Crippen molar-refractivity contribution in [1.29, 1.82) is 0 Å². The molecular formula is C36H70O2. The number of unbranched alkanes of at least 4 members (excludes halogenated alkanes) is 28. The van der Waals surface area contributed by atoms with Gasteiger partial charge < -0.3 is 4.74 Å². The minimum absolute atomic E-state index is 0.153. The molecule has 0 aromatic carbocycles. The molecule has 0 aromatic rings. The van der Waals surface area contributed by atoms with Crippen molar-refractivity contribution in [1.82, 2.24) is 0 Å². The Morgan fingerprint density at radius 3 is 1.05 bits per heavy atom. The lowest BCUT2D eigenvalue weighted by atomic mass is 10.0. The first-order valence-corrected chi connectivity index (χ1v) is 17.6. The Bertz CT molecular complexity index is 470. The summed E-state index contributed by atoms with van der Waals surface area (Å²) in [5, 5.41) is 0. The predicted octanol–water partition coefficient (Wildman–Crippen LogP) is 12.8. The number of hydrogen-bond donors (Lipinski definition) is 0. The highest BCUT2D eigenvalue weighted by atomic mass is 16.5. The Labute approximate surface area is 240 Å². The van der Waals surface area contributed by atoms with Gasteiger partial charge in [0.25, 0.3) is 0 Å². The highest BCUT2D eigenvalue weighted by Gasteiger charge is 1.98. The predicted molar refractivity (Wildman–Crippen MR) is 170 cm³/mol. The molecule has 0 saturated heterocycles. The van der Waals surface area contributed by atoms with Gasteiger partial charge in [-0.15, -0.1) is 0 Å². The zero-order chi connectivity index (χ0) is 27.6. The van der Waals surface area contributed by atoms with Crippen LogP contribution < -0.4 is 0 Å². The first kappa shape index (κ1) is 37.2. The standard InChI is InChI=1S/C36H70O2/c1-3-5-7-9-11-13-15-17-18-19-20-21-23-25-27-29-31-33-35-38-36(37)34-32-30-28-26-24-22-16-14-12-10-8-6-4-2/h32,34H,3-31,33,35H2,1-2H3/b34-32+. The lowest BCUT2D eigenvalue weighted by Gasteiger charge is -2.04. The molecule has 0 atom stereocenters. The van der Waals surface area contributed by atoms with Crippen LogP contribution in [-0.4, -0.2) is 12.6 Å². The lowest BCUT2D eigenvalue weighted by Crippen LogP contribution is -2.02. The summed E-state index contributed by atoms with van der Waals surface area (Å²) in [5.74, 6) is -0.153. The van der Waals surface area contributed by atoms with E-state index in [-0.39, 0.29) is 5.97 Å². The van der Waals surface area contributed by atoms with E-state index in [2.05, 4.69) is 13.8 Å². The molecule has 0 radical (unpaired) electrons. The zero-order valence-corrected chi connectivity index (χ0v) is 26.4. The topological polar surface area (TPSA) is 26.3 Å². The lowest BCUT2D eigenvalue weighted by molar-refractivity contribution is -0.137. The maximum absolute atomic E-state index is 11.8. The first-order chi connectivity index (χ1) is 18.8. The van der Waals surface area contributed by atoms with E-state index in [0.29, 0.717) is 6.61 Å². The van der Waals surface area contributed by atoms with Gasteiger partial charge in [-0.2, -0.15) is 0 Å². The van der Waals surface area contributed by atoms with E-state index in [1.54, 1.807) is 6.08 Å². The van der Waals surface area contributed by atoms with Crippen molar-refractivity contribution in [3.05, 3.63) is 12.2 Å². The van der Waals surface area contributed by atoms with E-state index in [0.717, 1.165) is 12.8 Å². The van der Waals surface area contributed by atoms with Crippen LogP contribution in [0.1, 0.15) is 206 Å². The van der Waals surface area contributed by atoms with Crippen LogP contribution in [0, 0.1) is 0 Å². The summed E-state index contributed by atoms with van der Waals surface area (Å²) in [4.78, 5) is 11.8. The van der Waals surface area contributed by atoms with Crippen LogP contribution in [0.4, 0.5) is 0 Å². The monoisotopic (exact) mass is 535 g/mol. The highest BCUT2D eigenvalue weighted by molar-refractivity contribution is 5.81. The van der Waals surface area contributed by atoms with Gasteiger partial charge in [0.15, 0.2) is 0 Å². The van der Waals surface area contributed by atoms with E-state index in [9.17, 15) is 4.79 Å². The van der Waals surface area contributed by atoms with Crippen LogP contribution in [-0.2, 0) is 9.53 Å². The van der Waals surface area contributed by atoms with E-state index in [1.807, 2.05) is 6.08 Å². The van der Waals surface area contributed by atoms with Crippen LogP contribution in [0.5, 0.6) is 0 Å². The van der Waals surface area contributed by atoms with Gasteiger partial charge in [-0.1, -0.05) is 193 Å². The minimum Gasteiger partial charge on any atom is -0.463 e. The Morgan fingerprint density at radius 1 is 0.421 bits per heavy atom. The molecule has 0 spiro atoms. The van der Waals surface area contributed by atoms with Gasteiger partial charge in [-0.05, 0) is 19.3 Å². The maximum Gasteiger partial charge on any atom is 0.330 e. The molecular weight excluding hydrogens is 464 g/mol. The molecule has 226 valence electrons. The first-order valence-electron chi connectivity index (χ1n) is 17.6. The average Bonchev–Trinajstić information content (AvgIpc) is 2.92. The molecule has 38 heavy (non-hydrogen) atoms. The maximum atomic E-state index is 11.8. The van der Waals surface area contributed by atoms with Gasteiger partial charge in [0, 0.05) is 6.08 Å². The molecule has 0 saturated carbocycles. The summed E-state index contributed by atoms with van der Waals surface area (Å²) < 4.78 is 5.35. The molecule has 0 amide bonds. The molecule has 0 aromatic heterocycles. The minimum atomic E-state index is -0.153. The van der Waals surface area contributed by atoms with Gasteiger partial charge in [-0.3, -0.25) is 0 Å². The molecule has 0 N–H and O–H groups in total. The number of carbonyl (C=O) groups is 1. The van der Waals surface area contributed by atoms with Crippen LogP contribution >= 0.6 is 0 Å². The van der Waals surface area contributed by atoms with Crippen LogP contribution in [0.15, 0.2) is 12.2 Å². The molecule has 0 heterocycles. The number of hydrogen-bond acceptors (Lipinski definition) is 2. The zero-order valence-electron chi connectivity index (χ0n) is 26.4. The second-order valence-electron chi connectivity index (χ2n) is 11.9. The molecule has 0 aliphatic heterocycles. The normalized spacial score (nSPS) is 11.5. The van der Waals surface area contributed by atoms with Gasteiger partial charge in [0.2, 0.25) is 0 Å². The van der Waals surface area contributed by atoms with Crippen LogP contribution in [0.25, 0.3) is 0 Å². The fourth-order valence-electron chi connectivity index (χ4n) is 5.33. The summed E-state index contributed by atoms with van der Waals surface area (Å²) in [5.41, 5.74) is 0. The van der Waals surface area contributed by atoms with Crippen LogP contribution in [0.3, 0.4) is 0 Å². The van der Waals surface area contributed by atoms with Gasteiger partial charge >= 0.3 is 5.97 Å². The van der Waals surface area contributed by atoms with Crippen molar-refractivity contribution in [3.63, 3.8) is 0 Å². The summed E-state index contributed by atoms with van der Waals surface area (Å²) in [7, 11) is 0. The van der Waals surface area contributed by atoms with E-state index in [4.69, 9.17) is 4.74 Å². The SMILES string of the molecule is CCCCCCCCCCCCC/C=C/C(=O)OCCCCCCCCCCCCCCCCCCCC. The molecule has 0 fully saturated rings. The van der Waals surface area contributed by atoms with Gasteiger partial charge in [-0.25, -0.2) is 4.79 Å². The summed E-state index contributed by atoms with van der Waals surface area (Å²) in [6.45, 7) is 5.16. The van der Waals surface area contributed by atoms with Crippen molar-refractivity contribution in [2.24, 2.45) is 0 Å². The van der Waals surface area contributed by atoms with E-state index >= 15 is 0 Å². The molecule has 0 bridgehead atoms. The molecule has 0 aliphatic rings. The third-order valence-corrected chi connectivity index (χ3v) is 7.97. The summed E-state index contributed by atoms with van der Waals surface area (Å²) >= 11 is 0. The van der Waals surface area contributed by atoms with Crippen molar-refractivity contribution < 1.29 is 9.53 Å². The third-order valence-electron chi connectivity index (χ3n) is 7.97. The number of carbonyl (C=O) groups excluding carboxylic acids is 1. The fourth-order valence-corrected chi connectivity index (χ4v) is 5.33. The van der Waals surface area contributed by atoms with Crippen molar-refractivity contribution >= 4 is 5.97 Å². The number of rotatable bonds is 32. The Kier molecular flexibility index (Phi) is 33.5. The number of esters is 1. The van der Waals surface area contributed by atoms with Gasteiger partial charge in [0.05, 0.1) is 6.61 Å². The average molecular weight is 535 g/mol. The molecule has 2 heteroatoms. The smallest absolute Gasteiger partial charge is 0.330 e. The second-order valence-corrected chi connectivity index (χ2v) is 11.9. The fraction of sp³-hybridized carbons (Fsp3) is 0.917. The Hall–Kier alpha value is -0.790. The largest absolute Gasteiger partial charge is 0.463 e. The van der Waals surface area contributed by atoms with E-state index in [1.165, 1.54) is 180 Å². The Morgan fingerprint density at radius 2 is 0.711 bits per heavy atom. The summed E-state index contributed by atoms with van der Waals surface area (Å²) in [6, 6.07) is 0. The molecule has 0 unspecified atom stereocenters. The summed E-state index contributed by atoms with van der Waals surface area (Å²) in [6.07, 6.45) is 44.5. The Balaban J connectivity index is 3.20. The highest BCUT2D eigenvalue weighted by Crippen LogP contribution is 2.15. The van der Waals surface area contributed by atoms with Gasteiger partial charge in [0.1, 0.15) is 0 Å². The second kappa shape index (κ2) is 34.2. The van der Waals surface area contributed by atoms with Crippen molar-refractivity contribution in [2.45, 2.75) is 206 Å². The molecule has 0 aliphatic carbocycles. The molecule has 2 nitrogen and oxygen atoms in total. The molecule has 0 rings (SSSR count). The van der Waals surface area contributed by atoms with Crippen molar-refractivity contribution in [2.75, 3.05) is 6.61 Å². The van der Waals surface area contributed by atoms with Crippen LogP contribution in [0.2, 0.25) is 0 Å². The van der Waals surface area contributed by atoms with E-state index < -0.39 is 0 Å². The third kappa shape index (κ3) is 33.2.